The van der Waals surface area contributed by atoms with Gasteiger partial charge in [-0.1, -0.05) is 12.1 Å². The maximum absolute atomic E-state index is 11.8. The van der Waals surface area contributed by atoms with Crippen LogP contribution in [0.3, 0.4) is 0 Å². The van der Waals surface area contributed by atoms with Crippen molar-refractivity contribution >= 4 is 17.7 Å². The van der Waals surface area contributed by atoms with E-state index in [1.807, 2.05) is 19.9 Å². The Morgan fingerprint density at radius 2 is 2.00 bits per heavy atom. The maximum Gasteiger partial charge on any atom is 0.328 e. The molecule has 0 heterocycles. The van der Waals surface area contributed by atoms with Gasteiger partial charge in [0.25, 0.3) is 0 Å². The van der Waals surface area contributed by atoms with E-state index in [1.54, 1.807) is 18.2 Å². The zero-order chi connectivity index (χ0) is 16.0. The molecule has 0 radical (unpaired) electrons. The lowest BCUT2D eigenvalue weighted by Gasteiger charge is -2.21. The minimum Gasteiger partial charge on any atom is -0.480 e. The molecule has 0 aliphatic heterocycles. The smallest absolute Gasteiger partial charge is 0.328 e. The van der Waals surface area contributed by atoms with E-state index in [1.165, 1.54) is 13.8 Å². The van der Waals surface area contributed by atoms with Crippen molar-refractivity contribution < 1.29 is 19.4 Å². The maximum atomic E-state index is 11.8. The molecular weight excluding hydrogens is 272 g/mol. The molecule has 0 atom stereocenters. The second kappa shape index (κ2) is 7.08. The summed E-state index contributed by atoms with van der Waals surface area (Å²) in [6.07, 6.45) is 0.126. The molecule has 3 N–H and O–H groups in total. The van der Waals surface area contributed by atoms with Gasteiger partial charge in [0.15, 0.2) is 0 Å². The first-order chi connectivity index (χ1) is 9.70. The van der Waals surface area contributed by atoms with Crippen molar-refractivity contribution in [3.8, 4) is 0 Å². The Balaban J connectivity index is 2.64. The highest BCUT2D eigenvalue weighted by Gasteiger charge is 2.28. The van der Waals surface area contributed by atoms with Crippen molar-refractivity contribution in [2.45, 2.75) is 45.9 Å². The lowest BCUT2D eigenvalue weighted by Crippen LogP contribution is -2.51. The fourth-order valence-corrected chi connectivity index (χ4v) is 1.50. The van der Waals surface area contributed by atoms with Crippen LogP contribution in [0.15, 0.2) is 24.3 Å². The summed E-state index contributed by atoms with van der Waals surface area (Å²) in [5, 5.41) is 14.0. The molecule has 2 amide bonds. The van der Waals surface area contributed by atoms with Gasteiger partial charge in [-0.3, -0.25) is 0 Å². The molecule has 0 aromatic heterocycles. The monoisotopic (exact) mass is 294 g/mol. The van der Waals surface area contributed by atoms with Crippen molar-refractivity contribution in [2.24, 2.45) is 0 Å². The minimum atomic E-state index is -1.33. The number of aliphatic carboxylic acids is 1. The number of benzene rings is 1. The zero-order valence-corrected chi connectivity index (χ0v) is 12.8. The van der Waals surface area contributed by atoms with Crippen LogP contribution in [0.4, 0.5) is 10.5 Å². The molecule has 6 nitrogen and oxygen atoms in total. The highest BCUT2D eigenvalue weighted by molar-refractivity contribution is 5.93. The first-order valence-corrected chi connectivity index (χ1v) is 6.74. The minimum absolute atomic E-state index is 0.126. The number of anilines is 1. The molecule has 0 saturated heterocycles. The molecule has 1 aromatic rings. The van der Waals surface area contributed by atoms with Gasteiger partial charge in [0.1, 0.15) is 5.54 Å². The third-order valence-electron chi connectivity index (χ3n) is 2.73. The first-order valence-electron chi connectivity index (χ1n) is 6.74. The van der Waals surface area contributed by atoms with E-state index in [9.17, 15) is 9.59 Å². The van der Waals surface area contributed by atoms with Crippen LogP contribution in [0, 0.1) is 0 Å². The van der Waals surface area contributed by atoms with Gasteiger partial charge in [-0.2, -0.15) is 0 Å². The average Bonchev–Trinajstić information content (AvgIpc) is 2.35. The van der Waals surface area contributed by atoms with E-state index >= 15 is 0 Å². The SMILES string of the molecule is CC(C)OCc1cccc(NC(=O)NC(C)(C)C(=O)O)c1. The molecule has 0 saturated carbocycles. The molecule has 0 bridgehead atoms. The van der Waals surface area contributed by atoms with Gasteiger partial charge in [0.05, 0.1) is 12.7 Å². The van der Waals surface area contributed by atoms with Crippen LogP contribution in [0.5, 0.6) is 0 Å². The van der Waals surface area contributed by atoms with Crippen LogP contribution in [-0.2, 0) is 16.1 Å². The summed E-state index contributed by atoms with van der Waals surface area (Å²) in [4.78, 5) is 22.7. The van der Waals surface area contributed by atoms with E-state index in [0.717, 1.165) is 5.56 Å². The van der Waals surface area contributed by atoms with Gasteiger partial charge in [-0.25, -0.2) is 9.59 Å². The van der Waals surface area contributed by atoms with Crippen LogP contribution in [0.2, 0.25) is 0 Å². The predicted octanol–water partition coefficient (Wildman–Crippen LogP) is 2.60. The topological polar surface area (TPSA) is 87.7 Å². The fraction of sp³-hybridized carbons (Fsp3) is 0.467. The van der Waals surface area contributed by atoms with E-state index in [-0.39, 0.29) is 6.10 Å². The molecule has 1 rings (SSSR count). The van der Waals surface area contributed by atoms with E-state index in [0.29, 0.717) is 12.3 Å². The Hall–Kier alpha value is -2.08. The molecular formula is C15H22N2O4. The van der Waals surface area contributed by atoms with Gasteiger partial charge in [-0.15, -0.1) is 0 Å². The molecule has 0 aliphatic rings. The number of ether oxygens (including phenoxy) is 1. The number of amides is 2. The number of nitrogens with one attached hydrogen (secondary N) is 2. The van der Waals surface area contributed by atoms with Crippen LogP contribution < -0.4 is 10.6 Å². The van der Waals surface area contributed by atoms with E-state index in [2.05, 4.69) is 10.6 Å². The number of hydrogen-bond acceptors (Lipinski definition) is 3. The van der Waals surface area contributed by atoms with Gasteiger partial charge in [0.2, 0.25) is 0 Å². The van der Waals surface area contributed by atoms with Crippen molar-refractivity contribution in [3.63, 3.8) is 0 Å². The van der Waals surface area contributed by atoms with Gasteiger partial charge >= 0.3 is 12.0 Å². The van der Waals surface area contributed by atoms with Crippen LogP contribution in [0.1, 0.15) is 33.3 Å². The number of hydrogen-bond donors (Lipinski definition) is 3. The summed E-state index contributed by atoms with van der Waals surface area (Å²) >= 11 is 0. The van der Waals surface area contributed by atoms with Crippen molar-refractivity contribution in [2.75, 3.05) is 5.32 Å². The van der Waals surface area contributed by atoms with Crippen molar-refractivity contribution in [3.05, 3.63) is 29.8 Å². The standard InChI is InChI=1S/C15H22N2O4/c1-10(2)21-9-11-6-5-7-12(8-11)16-14(20)17-15(3,4)13(18)19/h5-8,10H,9H2,1-4H3,(H,18,19)(H2,16,17,20). The third-order valence-corrected chi connectivity index (χ3v) is 2.73. The number of carboxylic acid groups (broad SMARTS) is 1. The van der Waals surface area contributed by atoms with Gasteiger partial charge in [0, 0.05) is 5.69 Å². The Kier molecular flexibility index (Phi) is 5.72. The van der Waals surface area contributed by atoms with Crippen LogP contribution in [-0.4, -0.2) is 28.7 Å². The summed E-state index contributed by atoms with van der Waals surface area (Å²) in [5.41, 5.74) is 0.181. The number of carbonyl (C=O) groups is 2. The molecule has 21 heavy (non-hydrogen) atoms. The van der Waals surface area contributed by atoms with Crippen molar-refractivity contribution in [1.82, 2.24) is 5.32 Å². The summed E-state index contributed by atoms with van der Waals surface area (Å²) in [6, 6.07) is 6.65. The highest BCUT2D eigenvalue weighted by atomic mass is 16.5. The predicted molar refractivity (Wildman–Crippen MR) is 80.2 cm³/mol. The summed E-state index contributed by atoms with van der Waals surface area (Å²) in [5.74, 6) is -1.10. The number of rotatable bonds is 6. The fourth-order valence-electron chi connectivity index (χ4n) is 1.50. The van der Waals surface area contributed by atoms with Gasteiger partial charge < -0.3 is 20.5 Å². The Bertz CT molecular complexity index is 512. The molecule has 0 fully saturated rings. The molecule has 1 aromatic carbocycles. The Morgan fingerprint density at radius 1 is 1.33 bits per heavy atom. The van der Waals surface area contributed by atoms with Gasteiger partial charge in [-0.05, 0) is 45.4 Å². The Labute approximate surface area is 124 Å². The molecule has 0 spiro atoms. The largest absolute Gasteiger partial charge is 0.480 e. The quantitative estimate of drug-likeness (QED) is 0.752. The number of carbonyl (C=O) groups excluding carboxylic acids is 1. The third kappa shape index (κ3) is 5.83. The second-order valence-corrected chi connectivity index (χ2v) is 5.57. The second-order valence-electron chi connectivity index (χ2n) is 5.57. The number of carboxylic acids is 1. The van der Waals surface area contributed by atoms with Crippen molar-refractivity contribution in [1.29, 1.82) is 0 Å². The summed E-state index contributed by atoms with van der Waals surface area (Å²) < 4.78 is 5.49. The lowest BCUT2D eigenvalue weighted by molar-refractivity contribution is -0.142. The lowest BCUT2D eigenvalue weighted by atomic mass is 10.1. The number of urea groups is 1. The summed E-state index contributed by atoms with van der Waals surface area (Å²) in [6.45, 7) is 7.19. The zero-order valence-electron chi connectivity index (χ0n) is 12.8. The van der Waals surface area contributed by atoms with E-state index in [4.69, 9.17) is 9.84 Å². The highest BCUT2D eigenvalue weighted by Crippen LogP contribution is 2.13. The van der Waals surface area contributed by atoms with Crippen LogP contribution in [0.25, 0.3) is 0 Å². The summed E-state index contributed by atoms with van der Waals surface area (Å²) in [7, 11) is 0. The molecule has 0 aliphatic carbocycles. The molecule has 0 unspecified atom stereocenters. The molecule has 116 valence electrons. The molecule has 6 heteroatoms. The average molecular weight is 294 g/mol. The Morgan fingerprint density at radius 3 is 2.57 bits per heavy atom. The first kappa shape index (κ1) is 17.0. The van der Waals surface area contributed by atoms with E-state index < -0.39 is 17.5 Å². The van der Waals surface area contributed by atoms with Crippen LogP contribution >= 0.6 is 0 Å². The normalized spacial score (nSPS) is 11.3.